The van der Waals surface area contributed by atoms with Crippen molar-refractivity contribution in [3.05, 3.63) is 0 Å². The molecule has 2 rings (SSSR count). The van der Waals surface area contributed by atoms with E-state index in [1.807, 2.05) is 0 Å². The Morgan fingerprint density at radius 3 is 3.06 bits per heavy atom. The van der Waals surface area contributed by atoms with E-state index >= 15 is 0 Å². The van der Waals surface area contributed by atoms with Gasteiger partial charge in [0.2, 0.25) is 0 Å². The van der Waals surface area contributed by atoms with Crippen LogP contribution in [0.15, 0.2) is 0 Å². The van der Waals surface area contributed by atoms with Crippen molar-refractivity contribution in [2.45, 2.75) is 38.0 Å². The summed E-state index contributed by atoms with van der Waals surface area (Å²) in [5.74, 6) is 0.694. The maximum Gasteiger partial charge on any atom is 0.0711 e. The Hall–Kier alpha value is -0.160. The largest absolute Gasteiger partial charge is 0.381 e. The minimum absolute atomic E-state index is 0.400. The van der Waals surface area contributed by atoms with E-state index in [4.69, 9.17) is 9.47 Å². The molecular formula is C12H24N2O2. The van der Waals surface area contributed by atoms with Crippen LogP contribution in [-0.4, -0.2) is 51.6 Å². The van der Waals surface area contributed by atoms with Crippen LogP contribution >= 0.6 is 0 Å². The molecule has 2 heterocycles. The number of rotatable bonds is 5. The Kier molecular flexibility index (Phi) is 4.58. The van der Waals surface area contributed by atoms with Crippen LogP contribution in [0.1, 0.15) is 19.8 Å². The first-order valence-corrected chi connectivity index (χ1v) is 6.37. The van der Waals surface area contributed by atoms with Gasteiger partial charge >= 0.3 is 0 Å². The van der Waals surface area contributed by atoms with Crippen LogP contribution in [0.5, 0.6) is 0 Å². The van der Waals surface area contributed by atoms with Crippen LogP contribution in [0.4, 0.5) is 0 Å². The van der Waals surface area contributed by atoms with Gasteiger partial charge in [0.25, 0.3) is 0 Å². The third-order valence-corrected chi connectivity index (χ3v) is 3.87. The van der Waals surface area contributed by atoms with E-state index in [1.165, 1.54) is 6.42 Å². The highest BCUT2D eigenvalue weighted by Gasteiger charge is 2.26. The van der Waals surface area contributed by atoms with Crippen molar-refractivity contribution in [3.8, 4) is 0 Å². The summed E-state index contributed by atoms with van der Waals surface area (Å²) in [6, 6.07) is 1.13. The normalized spacial score (nSPS) is 36.8. The number of hydrogen-bond acceptors (Lipinski definition) is 4. The van der Waals surface area contributed by atoms with E-state index in [0.29, 0.717) is 24.1 Å². The van der Waals surface area contributed by atoms with Gasteiger partial charge in [-0.15, -0.1) is 0 Å². The Bertz CT molecular complexity index is 207. The Labute approximate surface area is 98.1 Å². The Morgan fingerprint density at radius 1 is 1.56 bits per heavy atom. The summed E-state index contributed by atoms with van der Waals surface area (Å²) in [4.78, 5) is 0. The first-order chi connectivity index (χ1) is 7.79. The Balaban J connectivity index is 1.63. The van der Waals surface area contributed by atoms with Crippen LogP contribution in [-0.2, 0) is 9.47 Å². The first kappa shape index (κ1) is 12.3. The van der Waals surface area contributed by atoms with Crippen LogP contribution in [0, 0.1) is 5.92 Å². The second-order valence-corrected chi connectivity index (χ2v) is 5.02. The van der Waals surface area contributed by atoms with Crippen molar-refractivity contribution in [1.29, 1.82) is 0 Å². The summed E-state index contributed by atoms with van der Waals surface area (Å²) in [5.41, 5.74) is 0. The lowest BCUT2D eigenvalue weighted by atomic mass is 10.0. The monoisotopic (exact) mass is 228 g/mol. The molecule has 0 radical (unpaired) electrons. The van der Waals surface area contributed by atoms with Gasteiger partial charge in [0.1, 0.15) is 0 Å². The predicted molar refractivity (Wildman–Crippen MR) is 63.6 cm³/mol. The van der Waals surface area contributed by atoms with Gasteiger partial charge in [-0.25, -0.2) is 0 Å². The van der Waals surface area contributed by atoms with Crippen molar-refractivity contribution < 1.29 is 9.47 Å². The van der Waals surface area contributed by atoms with Crippen molar-refractivity contribution in [2.75, 3.05) is 33.4 Å². The quantitative estimate of drug-likeness (QED) is 0.714. The fourth-order valence-corrected chi connectivity index (χ4v) is 2.56. The number of ether oxygens (including phenoxy) is 2. The van der Waals surface area contributed by atoms with Crippen LogP contribution < -0.4 is 10.6 Å². The molecule has 2 N–H and O–H groups in total. The summed E-state index contributed by atoms with van der Waals surface area (Å²) in [6.07, 6.45) is 2.72. The summed E-state index contributed by atoms with van der Waals surface area (Å²) in [7, 11) is 1.79. The molecule has 2 fully saturated rings. The number of hydrogen-bond donors (Lipinski definition) is 2. The zero-order valence-electron chi connectivity index (χ0n) is 10.4. The van der Waals surface area contributed by atoms with Gasteiger partial charge in [-0.2, -0.15) is 0 Å². The molecule has 0 aromatic carbocycles. The predicted octanol–water partition coefficient (Wildman–Crippen LogP) is 0.378. The third kappa shape index (κ3) is 3.17. The number of nitrogens with one attached hydrogen (secondary N) is 2. The highest BCUT2D eigenvalue weighted by atomic mass is 16.5. The van der Waals surface area contributed by atoms with Gasteiger partial charge in [-0.05, 0) is 25.7 Å². The van der Waals surface area contributed by atoms with Crippen LogP contribution in [0.2, 0.25) is 0 Å². The molecule has 0 saturated carbocycles. The van der Waals surface area contributed by atoms with Gasteiger partial charge in [-0.1, -0.05) is 0 Å². The summed E-state index contributed by atoms with van der Waals surface area (Å²) < 4.78 is 10.7. The standard InChI is InChI=1S/C12H24N2O2/c1-9(10-3-4-16-8-10)13-6-11-5-12(15-2)7-14-11/h9-14H,3-8H2,1-2H3. The maximum absolute atomic E-state index is 5.41. The smallest absolute Gasteiger partial charge is 0.0711 e. The lowest BCUT2D eigenvalue weighted by molar-refractivity contribution is 0.117. The minimum Gasteiger partial charge on any atom is -0.381 e. The average Bonchev–Trinajstić information content (AvgIpc) is 2.96. The van der Waals surface area contributed by atoms with E-state index in [0.717, 1.165) is 32.7 Å². The Morgan fingerprint density at radius 2 is 2.44 bits per heavy atom. The van der Waals surface area contributed by atoms with Crippen LogP contribution in [0.25, 0.3) is 0 Å². The molecule has 0 spiro atoms. The topological polar surface area (TPSA) is 42.5 Å². The van der Waals surface area contributed by atoms with Crippen molar-refractivity contribution in [3.63, 3.8) is 0 Å². The second kappa shape index (κ2) is 5.96. The van der Waals surface area contributed by atoms with E-state index in [1.54, 1.807) is 7.11 Å². The van der Waals surface area contributed by atoms with E-state index in [9.17, 15) is 0 Å². The molecule has 0 bridgehead atoms. The molecule has 0 aromatic rings. The lowest BCUT2D eigenvalue weighted by Gasteiger charge is -2.21. The zero-order chi connectivity index (χ0) is 11.4. The van der Waals surface area contributed by atoms with Gasteiger partial charge in [0.05, 0.1) is 12.7 Å². The maximum atomic E-state index is 5.41. The van der Waals surface area contributed by atoms with E-state index < -0.39 is 0 Å². The zero-order valence-corrected chi connectivity index (χ0v) is 10.4. The van der Waals surface area contributed by atoms with Gasteiger partial charge in [-0.3, -0.25) is 0 Å². The molecule has 4 atom stereocenters. The molecule has 16 heavy (non-hydrogen) atoms. The molecule has 2 aliphatic rings. The molecule has 4 nitrogen and oxygen atoms in total. The van der Waals surface area contributed by atoms with Crippen LogP contribution in [0.3, 0.4) is 0 Å². The molecule has 4 heteroatoms. The fourth-order valence-electron chi connectivity index (χ4n) is 2.56. The van der Waals surface area contributed by atoms with E-state index in [-0.39, 0.29) is 0 Å². The van der Waals surface area contributed by atoms with Gasteiger partial charge in [0, 0.05) is 38.9 Å². The lowest BCUT2D eigenvalue weighted by Crippen LogP contribution is -2.41. The molecule has 0 aromatic heterocycles. The average molecular weight is 228 g/mol. The first-order valence-electron chi connectivity index (χ1n) is 6.37. The molecule has 2 aliphatic heterocycles. The van der Waals surface area contributed by atoms with Gasteiger partial charge < -0.3 is 20.1 Å². The summed E-state index contributed by atoms with van der Waals surface area (Å²) in [6.45, 7) is 6.15. The molecule has 4 unspecified atom stereocenters. The van der Waals surface area contributed by atoms with Crippen molar-refractivity contribution >= 4 is 0 Å². The highest BCUT2D eigenvalue weighted by Crippen LogP contribution is 2.16. The SMILES string of the molecule is COC1CNC(CNC(C)C2CCOC2)C1. The molecule has 2 saturated heterocycles. The van der Waals surface area contributed by atoms with Crippen molar-refractivity contribution in [2.24, 2.45) is 5.92 Å². The molecule has 0 aliphatic carbocycles. The molecule has 0 amide bonds. The minimum atomic E-state index is 0.400. The summed E-state index contributed by atoms with van der Waals surface area (Å²) >= 11 is 0. The van der Waals surface area contributed by atoms with E-state index in [2.05, 4.69) is 17.6 Å². The van der Waals surface area contributed by atoms with Gasteiger partial charge in [0.15, 0.2) is 0 Å². The highest BCUT2D eigenvalue weighted by molar-refractivity contribution is 4.85. The van der Waals surface area contributed by atoms with Crippen molar-refractivity contribution in [1.82, 2.24) is 10.6 Å². The molecular weight excluding hydrogens is 204 g/mol. The fraction of sp³-hybridized carbons (Fsp3) is 1.00. The summed E-state index contributed by atoms with van der Waals surface area (Å²) in [5, 5.41) is 7.10. The number of methoxy groups -OCH3 is 1. The second-order valence-electron chi connectivity index (χ2n) is 5.02. The molecule has 94 valence electrons. The third-order valence-electron chi connectivity index (χ3n) is 3.87.